The van der Waals surface area contributed by atoms with E-state index >= 15 is 0 Å². The largest absolute Gasteiger partial charge is 0.354 e. The second-order valence-electron chi connectivity index (χ2n) is 11.3. The van der Waals surface area contributed by atoms with Gasteiger partial charge in [0.2, 0.25) is 0 Å². The van der Waals surface area contributed by atoms with Crippen molar-refractivity contribution in [3.8, 4) is 44.5 Å². The number of hydrogen-bond donors (Lipinski definition) is 1. The molecule has 0 unspecified atom stereocenters. The summed E-state index contributed by atoms with van der Waals surface area (Å²) in [6.07, 6.45) is 23.1. The highest BCUT2D eigenvalue weighted by Gasteiger charge is 2.19. The van der Waals surface area contributed by atoms with Gasteiger partial charge in [0.25, 0.3) is 0 Å². The van der Waals surface area contributed by atoms with Gasteiger partial charge in [0.15, 0.2) is 0 Å². The number of aromatic amines is 1. The summed E-state index contributed by atoms with van der Waals surface area (Å²) in [5.74, 6) is 0. The molecule has 2 aliphatic heterocycles. The molecule has 0 aromatic carbocycles. The number of pyridine rings is 4. The van der Waals surface area contributed by atoms with Crippen LogP contribution in [0.4, 0.5) is 0 Å². The normalized spacial score (nSPS) is 12.0. The van der Waals surface area contributed by atoms with Crippen molar-refractivity contribution >= 4 is 56.1 Å². The Morgan fingerprint density at radius 2 is 0.750 bits per heavy atom. The summed E-state index contributed by atoms with van der Waals surface area (Å²) in [7, 11) is 0. The molecule has 8 bridgehead atoms. The standard InChI is InChI=1S/C40H25N7S/c1-5-25(21-41-17-1)37-29-9-10-30(45-29)38(26-6-2-18-42-22-26)32-12-14-34(47-32)40(28-8-4-20-44-24-28)36-16-15-35(48-36)39(27-7-3-19-43-23-27)33-13-11-31(37)46-33/h1-24,45H. The molecule has 7 aromatic rings. The molecule has 1 N–H and O–H groups in total. The molecule has 9 heterocycles. The van der Waals surface area contributed by atoms with Crippen LogP contribution in [-0.2, 0) is 0 Å². The summed E-state index contributed by atoms with van der Waals surface area (Å²) in [6, 6.07) is 24.7. The summed E-state index contributed by atoms with van der Waals surface area (Å²) in [6.45, 7) is 0. The van der Waals surface area contributed by atoms with E-state index in [1.165, 1.54) is 0 Å². The van der Waals surface area contributed by atoms with Crippen LogP contribution >= 0.6 is 11.3 Å². The lowest BCUT2D eigenvalue weighted by Gasteiger charge is -2.06. The summed E-state index contributed by atoms with van der Waals surface area (Å²) < 4.78 is 2.16. The third-order valence-electron chi connectivity index (χ3n) is 8.43. The first-order chi connectivity index (χ1) is 23.8. The molecule has 7 nitrogen and oxygen atoms in total. The van der Waals surface area contributed by atoms with Crippen LogP contribution < -0.4 is 0 Å². The average molecular weight is 636 g/mol. The van der Waals surface area contributed by atoms with Crippen LogP contribution in [0.1, 0.15) is 22.8 Å². The minimum Gasteiger partial charge on any atom is -0.354 e. The fraction of sp³-hybridized carbons (Fsp3) is 0. The van der Waals surface area contributed by atoms with Gasteiger partial charge in [-0.2, -0.15) is 0 Å². The average Bonchev–Trinajstić information content (AvgIpc) is 3.98. The van der Waals surface area contributed by atoms with Crippen LogP contribution in [0.15, 0.2) is 122 Å². The monoisotopic (exact) mass is 635 g/mol. The van der Waals surface area contributed by atoms with Crippen LogP contribution in [0, 0.1) is 0 Å². The van der Waals surface area contributed by atoms with Crippen LogP contribution in [0.3, 0.4) is 0 Å². The first-order valence-electron chi connectivity index (χ1n) is 15.5. The van der Waals surface area contributed by atoms with Gasteiger partial charge in [-0.05, 0) is 72.8 Å². The van der Waals surface area contributed by atoms with E-state index in [0.29, 0.717) is 0 Å². The smallest absolute Gasteiger partial charge is 0.0737 e. The van der Waals surface area contributed by atoms with Gasteiger partial charge >= 0.3 is 0 Å². The maximum absolute atomic E-state index is 5.30. The number of thiophene rings is 1. The zero-order chi connectivity index (χ0) is 31.9. The molecule has 7 aromatic heterocycles. The molecule has 2 aliphatic rings. The summed E-state index contributed by atoms with van der Waals surface area (Å²) >= 11 is 1.71. The lowest BCUT2D eigenvalue weighted by atomic mass is 10.1. The summed E-state index contributed by atoms with van der Waals surface area (Å²) in [5, 5.41) is 0. The first-order valence-corrected chi connectivity index (χ1v) is 16.3. The Bertz CT molecular complexity index is 2190. The van der Waals surface area contributed by atoms with E-state index in [0.717, 1.165) is 87.7 Å². The number of hydrogen-bond acceptors (Lipinski definition) is 7. The van der Waals surface area contributed by atoms with Gasteiger partial charge in [-0.1, -0.05) is 24.3 Å². The molecule has 8 heteroatoms. The molecule has 0 saturated carbocycles. The highest BCUT2D eigenvalue weighted by atomic mass is 32.1. The molecular weight excluding hydrogens is 611 g/mol. The Kier molecular flexibility index (Phi) is 6.84. The molecule has 0 radical (unpaired) electrons. The van der Waals surface area contributed by atoms with Crippen molar-refractivity contribution in [2.24, 2.45) is 0 Å². The van der Waals surface area contributed by atoms with E-state index in [9.17, 15) is 0 Å². The molecule has 0 amide bonds. The van der Waals surface area contributed by atoms with Gasteiger partial charge in [-0.15, -0.1) is 11.3 Å². The summed E-state index contributed by atoms with van der Waals surface area (Å²) in [5.41, 5.74) is 13.1. The molecule has 0 saturated heterocycles. The Morgan fingerprint density at radius 3 is 1.10 bits per heavy atom. The highest BCUT2D eigenvalue weighted by molar-refractivity contribution is 7.24. The number of nitrogens with one attached hydrogen (secondary N) is 1. The predicted octanol–water partition coefficient (Wildman–Crippen LogP) is 9.64. The van der Waals surface area contributed by atoms with E-state index in [2.05, 4.69) is 97.8 Å². The van der Waals surface area contributed by atoms with E-state index in [1.54, 1.807) is 36.1 Å². The zero-order valence-electron chi connectivity index (χ0n) is 25.4. The fourth-order valence-corrected chi connectivity index (χ4v) is 7.49. The van der Waals surface area contributed by atoms with Crippen molar-refractivity contribution in [1.82, 2.24) is 34.9 Å². The second kappa shape index (κ2) is 11.8. The second-order valence-corrected chi connectivity index (χ2v) is 12.4. The minimum absolute atomic E-state index is 0.843. The molecule has 48 heavy (non-hydrogen) atoms. The Morgan fingerprint density at radius 1 is 0.396 bits per heavy atom. The Labute approximate surface area is 279 Å². The Balaban J connectivity index is 1.49. The van der Waals surface area contributed by atoms with E-state index in [4.69, 9.17) is 9.97 Å². The van der Waals surface area contributed by atoms with Crippen LogP contribution in [0.5, 0.6) is 0 Å². The first kappa shape index (κ1) is 27.9. The van der Waals surface area contributed by atoms with Gasteiger partial charge in [-0.25, -0.2) is 9.97 Å². The van der Waals surface area contributed by atoms with Gasteiger partial charge in [0.1, 0.15) is 0 Å². The lowest BCUT2D eigenvalue weighted by Crippen LogP contribution is -1.89. The number of H-pyrrole nitrogens is 1. The number of fused-ring (bicyclic) bond motifs is 8. The molecule has 0 fully saturated rings. The van der Waals surface area contributed by atoms with Crippen molar-refractivity contribution in [2.75, 3.05) is 0 Å². The number of nitrogens with zero attached hydrogens (tertiary/aromatic N) is 6. The van der Waals surface area contributed by atoms with Crippen LogP contribution in [-0.4, -0.2) is 34.9 Å². The molecule has 0 atom stereocenters. The van der Waals surface area contributed by atoms with Gasteiger partial charge in [0.05, 0.1) is 22.8 Å². The quantitative estimate of drug-likeness (QED) is 0.207. The number of rotatable bonds is 4. The van der Waals surface area contributed by atoms with Crippen molar-refractivity contribution in [2.45, 2.75) is 0 Å². The van der Waals surface area contributed by atoms with Gasteiger partial charge < -0.3 is 4.98 Å². The maximum Gasteiger partial charge on any atom is 0.0737 e. The molecule has 9 rings (SSSR count). The molecule has 226 valence electrons. The minimum atomic E-state index is 0.843. The van der Waals surface area contributed by atoms with Crippen LogP contribution in [0.25, 0.3) is 89.2 Å². The van der Waals surface area contributed by atoms with Crippen molar-refractivity contribution in [3.05, 3.63) is 145 Å². The molecule has 0 aliphatic carbocycles. The highest BCUT2D eigenvalue weighted by Crippen LogP contribution is 2.40. The third kappa shape index (κ3) is 4.92. The van der Waals surface area contributed by atoms with Crippen molar-refractivity contribution in [3.63, 3.8) is 0 Å². The lowest BCUT2D eigenvalue weighted by molar-refractivity contribution is 1.29. The van der Waals surface area contributed by atoms with Gasteiger partial charge in [0, 0.05) is 115 Å². The molecular formula is C40H25N7S. The summed E-state index contributed by atoms with van der Waals surface area (Å²) in [4.78, 5) is 32.2. The van der Waals surface area contributed by atoms with Crippen LogP contribution in [0.2, 0.25) is 0 Å². The SMILES string of the molecule is C1=Cc2nc1c(-c1cccnc1)c1ccc([nH]1)c(-c1cccnc1)c1nc(c(-c3cccnc3)c3ccc(s3)c2-c2cccnc2)C=C1. The zero-order valence-corrected chi connectivity index (χ0v) is 26.3. The van der Waals surface area contributed by atoms with E-state index < -0.39 is 0 Å². The maximum atomic E-state index is 5.30. The molecule has 0 spiro atoms. The Hall–Kier alpha value is -6.38. The van der Waals surface area contributed by atoms with E-state index in [1.807, 2.05) is 49.1 Å². The third-order valence-corrected chi connectivity index (χ3v) is 9.55. The van der Waals surface area contributed by atoms with Crippen molar-refractivity contribution in [1.29, 1.82) is 0 Å². The van der Waals surface area contributed by atoms with Crippen molar-refractivity contribution < 1.29 is 0 Å². The van der Waals surface area contributed by atoms with E-state index in [-0.39, 0.29) is 0 Å². The number of aromatic nitrogens is 7. The topological polar surface area (TPSA) is 93.1 Å². The fourth-order valence-electron chi connectivity index (χ4n) is 6.33. The van der Waals surface area contributed by atoms with Gasteiger partial charge in [-0.3, -0.25) is 19.9 Å². The predicted molar refractivity (Wildman–Crippen MR) is 195 cm³/mol.